The Labute approximate surface area is 377 Å². The molecule has 0 amide bonds. The van der Waals surface area contributed by atoms with Crippen LogP contribution in [-0.2, 0) is 61.7 Å². The first-order valence-electron chi connectivity index (χ1n) is 24.4. The fourth-order valence-electron chi connectivity index (χ4n) is 14.0. The number of hydrogen-bond donors (Lipinski definition) is 1. The highest BCUT2D eigenvalue weighted by atomic mass is 16.7. The Morgan fingerprint density at radius 1 is 0.734 bits per heavy atom. The number of rotatable bonds is 3. The zero-order chi connectivity index (χ0) is 44.7. The van der Waals surface area contributed by atoms with Crippen LogP contribution in [0.15, 0.2) is 36.0 Å². The van der Waals surface area contributed by atoms with Gasteiger partial charge in [0, 0.05) is 57.4 Å². The van der Waals surface area contributed by atoms with Gasteiger partial charge in [-0.2, -0.15) is 0 Å². The second-order valence-corrected chi connectivity index (χ2v) is 22.7. The number of fused-ring (bicyclic) bond motifs is 10. The molecule has 11 aliphatic rings. The van der Waals surface area contributed by atoms with Gasteiger partial charge >= 0.3 is 5.97 Å². The van der Waals surface area contributed by atoms with Crippen molar-refractivity contribution in [2.75, 3.05) is 0 Å². The number of hydrogen-bond acceptors (Lipinski definition) is 14. The number of aliphatic hydroxyl groups is 1. The fourth-order valence-corrected chi connectivity index (χ4v) is 14.0. The Morgan fingerprint density at radius 3 is 2.31 bits per heavy atom. The summed E-state index contributed by atoms with van der Waals surface area (Å²) < 4.78 is 75.6. The van der Waals surface area contributed by atoms with Crippen LogP contribution in [0, 0.1) is 5.92 Å². The fraction of sp³-hybridized carbons (Fsp3) is 0.840. The maximum Gasteiger partial charge on any atom is 0.331 e. The van der Waals surface area contributed by atoms with E-state index in [4.69, 9.17) is 52.1 Å². The van der Waals surface area contributed by atoms with Crippen molar-refractivity contribution >= 4 is 12.3 Å². The van der Waals surface area contributed by atoms with Crippen molar-refractivity contribution in [3.63, 3.8) is 0 Å². The molecule has 0 aromatic carbocycles. The Hall–Kier alpha value is -2.08. The summed E-state index contributed by atoms with van der Waals surface area (Å²) in [6.45, 7) is 18.7. The van der Waals surface area contributed by atoms with Crippen molar-refractivity contribution in [1.82, 2.24) is 0 Å². The molecule has 354 valence electrons. The van der Waals surface area contributed by atoms with Crippen molar-refractivity contribution in [2.45, 2.75) is 257 Å². The van der Waals surface area contributed by atoms with E-state index in [-0.39, 0.29) is 110 Å². The van der Waals surface area contributed by atoms with E-state index in [1.807, 2.05) is 13.8 Å². The summed E-state index contributed by atoms with van der Waals surface area (Å²) in [5.74, 6) is -0.146. The molecule has 0 aliphatic carbocycles. The molecule has 11 aliphatic heterocycles. The lowest BCUT2D eigenvalue weighted by molar-refractivity contribution is -0.356. The van der Waals surface area contributed by atoms with Crippen LogP contribution in [0.4, 0.5) is 0 Å². The minimum absolute atomic E-state index is 0.116. The molecule has 0 radical (unpaired) electrons. The lowest BCUT2D eigenvalue weighted by Gasteiger charge is -2.60. The van der Waals surface area contributed by atoms with Gasteiger partial charge in [-0.05, 0) is 84.3 Å². The second kappa shape index (κ2) is 15.7. The van der Waals surface area contributed by atoms with E-state index in [9.17, 15) is 14.7 Å². The lowest BCUT2D eigenvalue weighted by atomic mass is 9.72. The molecule has 0 spiro atoms. The molecule has 14 heteroatoms. The van der Waals surface area contributed by atoms with Crippen LogP contribution in [0.1, 0.15) is 126 Å². The molecule has 9 fully saturated rings. The first-order chi connectivity index (χ1) is 30.4. The minimum Gasteiger partial charge on any atom is -0.456 e. The van der Waals surface area contributed by atoms with Crippen LogP contribution in [-0.4, -0.2) is 149 Å². The molecule has 11 rings (SSSR count). The van der Waals surface area contributed by atoms with E-state index in [0.29, 0.717) is 63.4 Å². The van der Waals surface area contributed by atoms with Crippen LogP contribution < -0.4 is 0 Å². The number of aliphatic hydroxyl groups excluding tert-OH is 1. The summed E-state index contributed by atoms with van der Waals surface area (Å²) in [5.41, 5.74) is -1.96. The third kappa shape index (κ3) is 7.38. The van der Waals surface area contributed by atoms with Crippen molar-refractivity contribution in [1.29, 1.82) is 0 Å². The standard InChI is InChI=1S/C50H70O14/c1-25(24-51)14-28-17-37(52)50(8)41(54-28)19-33-34(61-50)18-32-29(55-33)10-9-12-46(4)42(58-32)23-49(7)40(62-46)21-39-47(5,64-49)13-11-30-44(60-39)26(2)15-31-36(56-30)22-48(6)38(57-31)20-35-45(63-48)27(3)16-43(53)59-35/h9-10,16,24,26,28-42,44-45,52H,1,11-15,17-23H2,2-8H3/b10-9-/t26-,28?,29?,30?,31?,32?,33?,34?,35?,36?,37?,38?,39?,40?,41?,42?,44?,45?,46-,47-,48+,49+,50+/m1/s1. The third-order valence-electron chi connectivity index (χ3n) is 17.8. The molecule has 0 aromatic heterocycles. The average molecular weight is 895 g/mol. The predicted molar refractivity (Wildman–Crippen MR) is 228 cm³/mol. The van der Waals surface area contributed by atoms with E-state index in [0.717, 1.165) is 31.1 Å². The van der Waals surface area contributed by atoms with Crippen LogP contribution in [0.5, 0.6) is 0 Å². The summed E-state index contributed by atoms with van der Waals surface area (Å²) in [6.07, 6.45) is 9.57. The minimum atomic E-state index is -0.911. The van der Waals surface area contributed by atoms with E-state index in [1.54, 1.807) is 6.08 Å². The smallest absolute Gasteiger partial charge is 0.331 e. The predicted octanol–water partition coefficient (Wildman–Crippen LogP) is 5.47. The highest BCUT2D eigenvalue weighted by Crippen LogP contribution is 2.55. The second-order valence-electron chi connectivity index (χ2n) is 22.7. The van der Waals surface area contributed by atoms with E-state index < -0.39 is 34.1 Å². The van der Waals surface area contributed by atoms with Crippen molar-refractivity contribution in [3.8, 4) is 0 Å². The largest absolute Gasteiger partial charge is 0.456 e. The summed E-state index contributed by atoms with van der Waals surface area (Å²) in [4.78, 5) is 23.6. The molecule has 23 atom stereocenters. The maximum absolute atomic E-state index is 12.3. The maximum atomic E-state index is 12.3. The Morgan fingerprint density at radius 2 is 1.50 bits per heavy atom. The van der Waals surface area contributed by atoms with Gasteiger partial charge in [-0.15, -0.1) is 0 Å². The number of esters is 1. The Bertz CT molecular complexity index is 1940. The van der Waals surface area contributed by atoms with Crippen molar-refractivity contribution in [3.05, 3.63) is 36.0 Å². The molecule has 1 N–H and O–H groups in total. The van der Waals surface area contributed by atoms with Crippen LogP contribution in [0.3, 0.4) is 0 Å². The van der Waals surface area contributed by atoms with E-state index in [1.165, 1.54) is 0 Å². The summed E-state index contributed by atoms with van der Waals surface area (Å²) in [7, 11) is 0. The molecular formula is C50H70O14. The molecule has 11 heterocycles. The molecule has 9 saturated heterocycles. The highest BCUT2D eigenvalue weighted by Gasteiger charge is 2.64. The summed E-state index contributed by atoms with van der Waals surface area (Å²) in [5, 5.41) is 11.4. The Kier molecular flexibility index (Phi) is 10.9. The zero-order valence-electron chi connectivity index (χ0n) is 38.6. The van der Waals surface area contributed by atoms with Gasteiger partial charge in [0.1, 0.15) is 30.2 Å². The molecule has 64 heavy (non-hydrogen) atoms. The molecule has 0 aromatic rings. The van der Waals surface area contributed by atoms with Gasteiger partial charge in [0.2, 0.25) is 0 Å². The monoisotopic (exact) mass is 894 g/mol. The van der Waals surface area contributed by atoms with Crippen LogP contribution >= 0.6 is 0 Å². The first kappa shape index (κ1) is 44.4. The number of aldehydes is 1. The topological polar surface area (TPSA) is 156 Å². The van der Waals surface area contributed by atoms with Gasteiger partial charge < -0.3 is 57.2 Å². The number of ether oxygens (including phenoxy) is 11. The van der Waals surface area contributed by atoms with Crippen LogP contribution in [0.25, 0.3) is 0 Å². The SMILES string of the molecule is C=C(C=O)CC1CC(O)[C@]2(C)OC3CC4OC5C[C@]6(C)O[C@]7(C)CCC8OC9C[C@]%10(C)OC%11C(C)=CC(=O)OC%11CC%10OC9C[C@@H](C)C8OC7CC6O[C@]5(C)C/C=C\C4OC3CC2O1. The first-order valence-corrected chi connectivity index (χ1v) is 24.4. The molecule has 17 unspecified atom stereocenters. The van der Waals surface area contributed by atoms with E-state index in [2.05, 4.69) is 53.3 Å². The third-order valence-corrected chi connectivity index (χ3v) is 17.8. The van der Waals surface area contributed by atoms with E-state index >= 15 is 0 Å². The highest BCUT2D eigenvalue weighted by molar-refractivity contribution is 5.84. The van der Waals surface area contributed by atoms with Gasteiger partial charge in [-0.1, -0.05) is 25.7 Å². The molecule has 0 bridgehead atoms. The lowest BCUT2D eigenvalue weighted by Crippen LogP contribution is -2.70. The van der Waals surface area contributed by atoms with Gasteiger partial charge in [0.25, 0.3) is 0 Å². The average Bonchev–Trinajstić information content (AvgIpc) is 3.43. The Balaban J connectivity index is 0.776. The quantitative estimate of drug-likeness (QED) is 0.165. The van der Waals surface area contributed by atoms with Crippen LogP contribution in [0.2, 0.25) is 0 Å². The molecular weight excluding hydrogens is 825 g/mol. The van der Waals surface area contributed by atoms with Gasteiger partial charge in [0.15, 0.2) is 0 Å². The normalized spacial score (nSPS) is 56.9. The number of carbonyl (C=O) groups excluding carboxylic acids is 2. The van der Waals surface area contributed by atoms with Gasteiger partial charge in [-0.3, -0.25) is 4.79 Å². The van der Waals surface area contributed by atoms with Gasteiger partial charge in [0.05, 0.1) is 108 Å². The molecule has 0 saturated carbocycles. The van der Waals surface area contributed by atoms with Gasteiger partial charge in [-0.25, -0.2) is 4.79 Å². The van der Waals surface area contributed by atoms with Crippen molar-refractivity contribution in [2.24, 2.45) is 5.92 Å². The zero-order valence-corrected chi connectivity index (χ0v) is 38.6. The van der Waals surface area contributed by atoms with Crippen molar-refractivity contribution < 1.29 is 66.8 Å². The summed E-state index contributed by atoms with van der Waals surface area (Å²) in [6, 6.07) is 0. The number of carbonyl (C=O) groups is 2. The molecule has 14 nitrogen and oxygen atoms in total. The summed E-state index contributed by atoms with van der Waals surface area (Å²) >= 11 is 0.